The highest BCUT2D eigenvalue weighted by atomic mass is 32.3. The molecule has 30 heavy (non-hydrogen) atoms. The second-order valence-electron chi connectivity index (χ2n) is 7.19. The molecule has 0 bridgehead atoms. The number of alkyl halides is 3. The van der Waals surface area contributed by atoms with Gasteiger partial charge in [-0.15, -0.1) is 0 Å². The van der Waals surface area contributed by atoms with Crippen molar-refractivity contribution in [2.24, 2.45) is 0 Å². The zero-order chi connectivity index (χ0) is 21.9. The van der Waals surface area contributed by atoms with Crippen molar-refractivity contribution in [1.82, 2.24) is 9.97 Å². The largest absolute Gasteiger partial charge is 0.417 e. The van der Waals surface area contributed by atoms with Crippen molar-refractivity contribution in [3.63, 3.8) is 0 Å². The Hall–Kier alpha value is -2.37. The lowest BCUT2D eigenvalue weighted by Gasteiger charge is -2.27. The molecule has 0 saturated carbocycles. The summed E-state index contributed by atoms with van der Waals surface area (Å²) in [5, 5.41) is 2.50. The van der Waals surface area contributed by atoms with Crippen LogP contribution in [0.4, 0.5) is 24.7 Å². The second kappa shape index (κ2) is 8.78. The Morgan fingerprint density at radius 3 is 2.37 bits per heavy atom. The Balaban J connectivity index is 1.96. The van der Waals surface area contributed by atoms with Gasteiger partial charge < -0.3 is 10.2 Å². The standard InChI is InChI=1S/C19H23F3N4O3S/c1-30(28,29)15-9-14(11-23-12-15)25-18(27)16-8-13(19(20,21)22)10-24-17(16)26-6-4-2-3-5-7-26/h8-12,28-29H,2-7H2,1H3,(H,25,27). The van der Waals surface area contributed by atoms with E-state index in [1.165, 1.54) is 24.7 Å². The summed E-state index contributed by atoms with van der Waals surface area (Å²) >= 11 is 0. The maximum Gasteiger partial charge on any atom is 0.417 e. The molecule has 11 heteroatoms. The Labute approximate surface area is 173 Å². The molecule has 0 unspecified atom stereocenters. The van der Waals surface area contributed by atoms with Gasteiger partial charge in [-0.25, -0.2) is 4.98 Å². The van der Waals surface area contributed by atoms with E-state index in [4.69, 9.17) is 0 Å². The summed E-state index contributed by atoms with van der Waals surface area (Å²) in [6.07, 6.45) is 3.60. The van der Waals surface area contributed by atoms with Crippen LogP contribution in [0.3, 0.4) is 0 Å². The summed E-state index contributed by atoms with van der Waals surface area (Å²) in [6.45, 7) is 1.21. The normalized spacial score (nSPS) is 16.1. The third-order valence-corrected chi connectivity index (χ3v) is 5.88. The van der Waals surface area contributed by atoms with Crippen LogP contribution in [0.1, 0.15) is 41.6 Å². The SMILES string of the molecule is CS(O)(O)c1cncc(NC(=O)c2cc(C(F)(F)F)cnc2N2CCCCCC2)c1. The van der Waals surface area contributed by atoms with Crippen LogP contribution < -0.4 is 10.2 Å². The van der Waals surface area contributed by atoms with Gasteiger partial charge in [-0.3, -0.25) is 18.9 Å². The number of hydrogen-bond donors (Lipinski definition) is 3. The number of hydrogen-bond acceptors (Lipinski definition) is 6. The van der Waals surface area contributed by atoms with Crippen LogP contribution >= 0.6 is 10.6 Å². The molecule has 3 rings (SSSR count). The average molecular weight is 444 g/mol. The third-order valence-electron chi connectivity index (χ3n) is 4.76. The van der Waals surface area contributed by atoms with Crippen molar-refractivity contribution >= 4 is 28.0 Å². The highest BCUT2D eigenvalue weighted by molar-refractivity contribution is 8.23. The minimum absolute atomic E-state index is 0.107. The summed E-state index contributed by atoms with van der Waals surface area (Å²) in [4.78, 5) is 22.7. The van der Waals surface area contributed by atoms with E-state index in [0.29, 0.717) is 13.1 Å². The molecule has 2 aromatic rings. The molecule has 2 aromatic heterocycles. The molecule has 0 spiro atoms. The van der Waals surface area contributed by atoms with Gasteiger partial charge in [0.05, 0.1) is 27.9 Å². The van der Waals surface area contributed by atoms with Gasteiger partial charge in [0, 0.05) is 31.7 Å². The molecule has 0 atom stereocenters. The first-order valence-corrected chi connectivity index (χ1v) is 11.3. The summed E-state index contributed by atoms with van der Waals surface area (Å²) < 4.78 is 59.3. The Morgan fingerprint density at radius 2 is 1.77 bits per heavy atom. The van der Waals surface area contributed by atoms with Gasteiger partial charge in [0.1, 0.15) is 5.82 Å². The van der Waals surface area contributed by atoms with Crippen LogP contribution in [0.15, 0.2) is 35.6 Å². The molecule has 0 radical (unpaired) electrons. The number of nitrogens with one attached hydrogen (secondary N) is 1. The van der Waals surface area contributed by atoms with Crippen LogP contribution in [0, 0.1) is 0 Å². The average Bonchev–Trinajstić information content (AvgIpc) is 2.96. The maximum absolute atomic E-state index is 13.2. The fourth-order valence-electron chi connectivity index (χ4n) is 3.21. The number of rotatable bonds is 4. The van der Waals surface area contributed by atoms with Gasteiger partial charge in [-0.05, 0) is 25.0 Å². The van der Waals surface area contributed by atoms with Crippen LogP contribution in [-0.4, -0.2) is 44.3 Å². The first-order chi connectivity index (χ1) is 14.1. The molecule has 1 amide bonds. The van der Waals surface area contributed by atoms with Gasteiger partial charge >= 0.3 is 6.18 Å². The monoisotopic (exact) mass is 444 g/mol. The minimum atomic E-state index is -4.64. The van der Waals surface area contributed by atoms with E-state index < -0.39 is 28.2 Å². The summed E-state index contributed by atoms with van der Waals surface area (Å²) in [6, 6.07) is 2.13. The fourth-order valence-corrected chi connectivity index (χ4v) is 3.82. The maximum atomic E-state index is 13.2. The molecular formula is C19H23F3N4O3S. The Morgan fingerprint density at radius 1 is 1.10 bits per heavy atom. The predicted molar refractivity (Wildman–Crippen MR) is 109 cm³/mol. The van der Waals surface area contributed by atoms with E-state index in [0.717, 1.165) is 37.9 Å². The van der Waals surface area contributed by atoms with Gasteiger partial charge in [0.25, 0.3) is 5.91 Å². The Kier molecular flexibility index (Phi) is 6.53. The molecule has 1 aliphatic heterocycles. The molecule has 0 aliphatic carbocycles. The lowest BCUT2D eigenvalue weighted by molar-refractivity contribution is -0.137. The first-order valence-electron chi connectivity index (χ1n) is 9.37. The fraction of sp³-hybridized carbons (Fsp3) is 0.421. The highest BCUT2D eigenvalue weighted by Crippen LogP contribution is 2.44. The van der Waals surface area contributed by atoms with Crippen LogP contribution in [0.25, 0.3) is 0 Å². The first kappa shape index (κ1) is 22.3. The van der Waals surface area contributed by atoms with Gasteiger partial charge in [-0.2, -0.15) is 23.8 Å². The van der Waals surface area contributed by atoms with Gasteiger partial charge in [0.15, 0.2) is 0 Å². The van der Waals surface area contributed by atoms with E-state index in [1.807, 2.05) is 4.90 Å². The summed E-state index contributed by atoms with van der Waals surface area (Å²) in [5.74, 6) is -0.578. The quantitative estimate of drug-likeness (QED) is 0.623. The van der Waals surface area contributed by atoms with Crippen molar-refractivity contribution in [3.8, 4) is 0 Å². The van der Waals surface area contributed by atoms with Crippen LogP contribution in [0.5, 0.6) is 0 Å². The number of amides is 1. The van der Waals surface area contributed by atoms with Crippen molar-refractivity contribution < 1.29 is 27.1 Å². The molecule has 3 heterocycles. The summed E-state index contributed by atoms with van der Waals surface area (Å²) in [7, 11) is -3.06. The Bertz CT molecular complexity index is 911. The van der Waals surface area contributed by atoms with Crippen molar-refractivity contribution in [1.29, 1.82) is 0 Å². The highest BCUT2D eigenvalue weighted by Gasteiger charge is 2.33. The third kappa shape index (κ3) is 5.41. The molecule has 1 fully saturated rings. The lowest BCUT2D eigenvalue weighted by atomic mass is 10.1. The van der Waals surface area contributed by atoms with Crippen molar-refractivity contribution in [2.75, 3.05) is 29.6 Å². The van der Waals surface area contributed by atoms with Gasteiger partial charge in [-0.1, -0.05) is 12.8 Å². The van der Waals surface area contributed by atoms with Crippen LogP contribution in [-0.2, 0) is 6.18 Å². The molecule has 3 N–H and O–H groups in total. The van der Waals surface area contributed by atoms with Gasteiger partial charge in [0.2, 0.25) is 0 Å². The lowest BCUT2D eigenvalue weighted by Crippen LogP contribution is -2.29. The topological polar surface area (TPSA) is 98.6 Å². The molecule has 7 nitrogen and oxygen atoms in total. The molecule has 1 saturated heterocycles. The van der Waals surface area contributed by atoms with Crippen LogP contribution in [0.2, 0.25) is 0 Å². The van der Waals surface area contributed by atoms with E-state index in [9.17, 15) is 27.1 Å². The zero-order valence-electron chi connectivity index (χ0n) is 16.3. The smallest absolute Gasteiger partial charge is 0.356 e. The predicted octanol–water partition coefficient (Wildman–Crippen LogP) is 4.87. The molecular weight excluding hydrogens is 421 g/mol. The number of nitrogens with zero attached hydrogens (tertiary/aromatic N) is 3. The minimum Gasteiger partial charge on any atom is -0.356 e. The molecule has 164 valence electrons. The van der Waals surface area contributed by atoms with Crippen molar-refractivity contribution in [2.45, 2.75) is 36.8 Å². The summed E-state index contributed by atoms with van der Waals surface area (Å²) in [5.41, 5.74) is -1.07. The molecule has 0 aromatic carbocycles. The number of halogens is 3. The number of aromatic nitrogens is 2. The van der Waals surface area contributed by atoms with E-state index >= 15 is 0 Å². The number of carbonyl (C=O) groups is 1. The van der Waals surface area contributed by atoms with E-state index in [-0.39, 0.29) is 22.0 Å². The number of pyridine rings is 2. The second-order valence-corrected chi connectivity index (χ2v) is 9.33. The number of carbonyl (C=O) groups excluding carboxylic acids is 1. The zero-order valence-corrected chi connectivity index (χ0v) is 17.1. The number of anilines is 2. The van der Waals surface area contributed by atoms with E-state index in [1.54, 1.807) is 0 Å². The van der Waals surface area contributed by atoms with E-state index in [2.05, 4.69) is 15.3 Å². The van der Waals surface area contributed by atoms with Crippen molar-refractivity contribution in [3.05, 3.63) is 41.9 Å². The molecule has 1 aliphatic rings.